The molecule has 2 aliphatic heterocycles. The molecule has 0 aromatic heterocycles. The third-order valence-electron chi connectivity index (χ3n) is 6.44. The third kappa shape index (κ3) is 4.45. The Morgan fingerprint density at radius 1 is 1.19 bits per heavy atom. The van der Waals surface area contributed by atoms with E-state index in [0.29, 0.717) is 18.9 Å². The number of nitrogens with zero attached hydrogens (tertiary/aromatic N) is 2. The monoisotopic (exact) mass is 369 g/mol. The second-order valence-electron chi connectivity index (χ2n) is 8.89. The molecule has 146 valence electrons. The molecular formula is C22H31N3O2. The highest BCUT2D eigenvalue weighted by molar-refractivity contribution is 5.77. The quantitative estimate of drug-likeness (QED) is 0.885. The molecule has 1 aromatic carbocycles. The number of nitrogens with one attached hydrogen (secondary N) is 1. The molecule has 0 radical (unpaired) electrons. The van der Waals surface area contributed by atoms with E-state index < -0.39 is 0 Å². The summed E-state index contributed by atoms with van der Waals surface area (Å²) < 4.78 is 0. The van der Waals surface area contributed by atoms with Gasteiger partial charge in [0.05, 0.1) is 0 Å². The molecule has 5 heteroatoms. The van der Waals surface area contributed by atoms with Gasteiger partial charge in [-0.2, -0.15) is 0 Å². The Morgan fingerprint density at radius 2 is 1.96 bits per heavy atom. The predicted octanol–water partition coefficient (Wildman–Crippen LogP) is 3.32. The van der Waals surface area contributed by atoms with Crippen LogP contribution in [0.2, 0.25) is 0 Å². The first kappa shape index (κ1) is 18.3. The lowest BCUT2D eigenvalue weighted by atomic mass is 9.73. The maximum Gasteiger partial charge on any atom is 0.317 e. The van der Waals surface area contributed by atoms with Crippen LogP contribution >= 0.6 is 0 Å². The van der Waals surface area contributed by atoms with Crippen molar-refractivity contribution in [3.05, 3.63) is 35.4 Å². The van der Waals surface area contributed by atoms with Crippen molar-refractivity contribution in [3.8, 4) is 0 Å². The topological polar surface area (TPSA) is 52.7 Å². The highest BCUT2D eigenvalue weighted by Crippen LogP contribution is 2.40. The molecular weight excluding hydrogens is 338 g/mol. The summed E-state index contributed by atoms with van der Waals surface area (Å²) in [4.78, 5) is 29.1. The van der Waals surface area contributed by atoms with Gasteiger partial charge in [-0.3, -0.25) is 4.79 Å². The highest BCUT2D eigenvalue weighted by Gasteiger charge is 2.43. The van der Waals surface area contributed by atoms with Crippen LogP contribution < -0.4 is 5.32 Å². The van der Waals surface area contributed by atoms with E-state index >= 15 is 0 Å². The van der Waals surface area contributed by atoms with E-state index in [1.807, 2.05) is 4.90 Å². The van der Waals surface area contributed by atoms with Gasteiger partial charge < -0.3 is 15.1 Å². The van der Waals surface area contributed by atoms with E-state index in [9.17, 15) is 9.59 Å². The molecule has 1 spiro atoms. The summed E-state index contributed by atoms with van der Waals surface area (Å²) in [5.74, 6) is 1.04. The van der Waals surface area contributed by atoms with Crippen LogP contribution in [0.15, 0.2) is 24.3 Å². The standard InChI is InChI=1S/C22H31N3O2/c1-17-3-5-18(6-4-17)13-23-21(27)24-12-2-10-22(15-24)11-9-20(26)25(16-22)14-19-7-8-19/h3-6,19H,2,7-16H2,1H3,(H,23,27). The molecule has 1 atom stereocenters. The molecule has 1 aliphatic carbocycles. The number of hydrogen-bond donors (Lipinski definition) is 1. The number of likely N-dealkylation sites (tertiary alicyclic amines) is 2. The van der Waals surface area contributed by atoms with Gasteiger partial charge >= 0.3 is 6.03 Å². The Hall–Kier alpha value is -2.04. The largest absolute Gasteiger partial charge is 0.342 e. The van der Waals surface area contributed by atoms with E-state index in [2.05, 4.69) is 41.4 Å². The van der Waals surface area contributed by atoms with Gasteiger partial charge in [-0.25, -0.2) is 4.79 Å². The molecule has 2 heterocycles. The number of benzene rings is 1. The van der Waals surface area contributed by atoms with Gasteiger partial charge in [-0.15, -0.1) is 0 Å². The van der Waals surface area contributed by atoms with Crippen LogP contribution in [-0.4, -0.2) is 47.9 Å². The fourth-order valence-corrected chi connectivity index (χ4v) is 4.59. The van der Waals surface area contributed by atoms with Crippen molar-refractivity contribution in [2.24, 2.45) is 11.3 Å². The molecule has 3 amide bonds. The van der Waals surface area contributed by atoms with E-state index in [-0.39, 0.29) is 11.4 Å². The summed E-state index contributed by atoms with van der Waals surface area (Å²) in [6.45, 7) is 6.00. The SMILES string of the molecule is Cc1ccc(CNC(=O)N2CCCC3(CCC(=O)N(CC4CC4)C3)C2)cc1. The fourth-order valence-electron chi connectivity index (χ4n) is 4.59. The van der Waals surface area contributed by atoms with Gasteiger partial charge in [0.2, 0.25) is 5.91 Å². The molecule has 4 rings (SSSR count). The Kier molecular flexibility index (Phi) is 5.11. The number of hydrogen-bond acceptors (Lipinski definition) is 2. The van der Waals surface area contributed by atoms with E-state index in [1.54, 1.807) is 0 Å². The van der Waals surface area contributed by atoms with Crippen LogP contribution in [0.25, 0.3) is 0 Å². The lowest BCUT2D eigenvalue weighted by Crippen LogP contribution is -2.56. The van der Waals surface area contributed by atoms with Crippen molar-refractivity contribution >= 4 is 11.9 Å². The van der Waals surface area contributed by atoms with Gasteiger partial charge in [-0.1, -0.05) is 29.8 Å². The second kappa shape index (κ2) is 7.53. The summed E-state index contributed by atoms with van der Waals surface area (Å²) >= 11 is 0. The van der Waals surface area contributed by atoms with Gasteiger partial charge in [0.1, 0.15) is 0 Å². The van der Waals surface area contributed by atoms with Crippen molar-refractivity contribution in [1.29, 1.82) is 0 Å². The number of urea groups is 1. The first-order chi connectivity index (χ1) is 13.0. The van der Waals surface area contributed by atoms with Crippen LogP contribution in [0.5, 0.6) is 0 Å². The van der Waals surface area contributed by atoms with Crippen LogP contribution in [0, 0.1) is 18.3 Å². The molecule has 3 aliphatic rings. The zero-order valence-corrected chi connectivity index (χ0v) is 16.4. The molecule has 1 saturated carbocycles. The first-order valence-corrected chi connectivity index (χ1v) is 10.4. The van der Waals surface area contributed by atoms with Crippen molar-refractivity contribution < 1.29 is 9.59 Å². The van der Waals surface area contributed by atoms with E-state index in [0.717, 1.165) is 56.9 Å². The Bertz CT molecular complexity index is 698. The normalized spacial score (nSPS) is 25.7. The van der Waals surface area contributed by atoms with Crippen LogP contribution in [0.4, 0.5) is 4.79 Å². The molecule has 1 N–H and O–H groups in total. The van der Waals surface area contributed by atoms with Crippen molar-refractivity contribution in [2.75, 3.05) is 26.2 Å². The minimum atomic E-state index is 0.0280. The Morgan fingerprint density at radius 3 is 2.70 bits per heavy atom. The zero-order chi connectivity index (χ0) is 18.9. The van der Waals surface area contributed by atoms with E-state index in [4.69, 9.17) is 0 Å². The molecule has 5 nitrogen and oxygen atoms in total. The fraction of sp³-hybridized carbons (Fsp3) is 0.636. The molecule has 2 saturated heterocycles. The number of rotatable bonds is 4. The van der Waals surface area contributed by atoms with Gasteiger partial charge in [-0.05, 0) is 50.5 Å². The predicted molar refractivity (Wildman–Crippen MR) is 105 cm³/mol. The van der Waals surface area contributed by atoms with Crippen molar-refractivity contribution in [3.63, 3.8) is 0 Å². The molecule has 27 heavy (non-hydrogen) atoms. The van der Waals surface area contributed by atoms with Crippen LogP contribution in [0.3, 0.4) is 0 Å². The lowest BCUT2D eigenvalue weighted by Gasteiger charge is -2.48. The summed E-state index contributed by atoms with van der Waals surface area (Å²) in [6, 6.07) is 8.31. The summed E-state index contributed by atoms with van der Waals surface area (Å²) in [5, 5.41) is 3.08. The van der Waals surface area contributed by atoms with E-state index in [1.165, 1.54) is 18.4 Å². The molecule has 0 bridgehead atoms. The summed E-state index contributed by atoms with van der Waals surface area (Å²) in [6.07, 6.45) is 6.27. The van der Waals surface area contributed by atoms with Crippen LogP contribution in [0.1, 0.15) is 49.7 Å². The highest BCUT2D eigenvalue weighted by atomic mass is 16.2. The number of carbonyl (C=O) groups is 2. The lowest BCUT2D eigenvalue weighted by molar-refractivity contribution is -0.139. The maximum atomic E-state index is 12.7. The summed E-state index contributed by atoms with van der Waals surface area (Å²) in [5.41, 5.74) is 2.45. The van der Waals surface area contributed by atoms with Crippen LogP contribution in [-0.2, 0) is 11.3 Å². The third-order valence-corrected chi connectivity index (χ3v) is 6.44. The Balaban J connectivity index is 1.34. The minimum absolute atomic E-state index is 0.0280. The number of aryl methyl sites for hydroxylation is 1. The Labute approximate surface area is 162 Å². The maximum absolute atomic E-state index is 12.7. The smallest absolute Gasteiger partial charge is 0.317 e. The zero-order valence-electron chi connectivity index (χ0n) is 16.4. The second-order valence-corrected chi connectivity index (χ2v) is 8.89. The molecule has 1 unspecified atom stereocenters. The van der Waals surface area contributed by atoms with Crippen molar-refractivity contribution in [1.82, 2.24) is 15.1 Å². The van der Waals surface area contributed by atoms with Gasteiger partial charge in [0.25, 0.3) is 0 Å². The summed E-state index contributed by atoms with van der Waals surface area (Å²) in [7, 11) is 0. The number of amides is 3. The van der Waals surface area contributed by atoms with Crippen molar-refractivity contribution in [2.45, 2.75) is 52.0 Å². The van der Waals surface area contributed by atoms with Gasteiger partial charge in [0, 0.05) is 44.6 Å². The molecule has 3 fully saturated rings. The number of piperidine rings is 2. The van der Waals surface area contributed by atoms with Gasteiger partial charge in [0.15, 0.2) is 0 Å². The molecule has 1 aromatic rings. The number of carbonyl (C=O) groups excluding carboxylic acids is 2. The average molecular weight is 370 g/mol. The first-order valence-electron chi connectivity index (χ1n) is 10.4. The minimum Gasteiger partial charge on any atom is -0.342 e. The average Bonchev–Trinajstić information content (AvgIpc) is 3.48.